The van der Waals surface area contributed by atoms with Crippen LogP contribution in [0.25, 0.3) is 0 Å². The summed E-state index contributed by atoms with van der Waals surface area (Å²) in [5, 5.41) is 5.37. The first-order chi connectivity index (χ1) is 10.7. The molecule has 0 saturated carbocycles. The van der Waals surface area contributed by atoms with Gasteiger partial charge in [0.2, 0.25) is 11.8 Å². The maximum absolute atomic E-state index is 11.5. The number of hydrogen-bond acceptors (Lipinski definition) is 4. The van der Waals surface area contributed by atoms with Gasteiger partial charge in [-0.25, -0.2) is 0 Å². The van der Waals surface area contributed by atoms with Gasteiger partial charge in [0, 0.05) is 25.9 Å². The quantitative estimate of drug-likeness (QED) is 0.638. The smallest absolute Gasteiger partial charge is 0.220 e. The van der Waals surface area contributed by atoms with Crippen LogP contribution in [-0.4, -0.2) is 38.6 Å². The van der Waals surface area contributed by atoms with E-state index in [1.165, 1.54) is 0 Å². The van der Waals surface area contributed by atoms with Crippen molar-refractivity contribution >= 4 is 11.8 Å². The zero-order valence-electron chi connectivity index (χ0n) is 13.2. The van der Waals surface area contributed by atoms with Crippen molar-refractivity contribution in [3.8, 4) is 5.75 Å². The highest BCUT2D eigenvalue weighted by Gasteiger charge is 2.05. The van der Waals surface area contributed by atoms with E-state index < -0.39 is 0 Å². The first kappa shape index (κ1) is 18.0. The Bertz CT molecular complexity index is 477. The van der Waals surface area contributed by atoms with Gasteiger partial charge in [0.15, 0.2) is 0 Å². The lowest BCUT2D eigenvalue weighted by molar-refractivity contribution is -0.126. The lowest BCUT2D eigenvalue weighted by atomic mass is 10.2. The fraction of sp³-hybridized carbons (Fsp3) is 0.500. The first-order valence-electron chi connectivity index (χ1n) is 7.39. The Kier molecular flexibility index (Phi) is 8.67. The Labute approximate surface area is 131 Å². The van der Waals surface area contributed by atoms with Gasteiger partial charge in [0.25, 0.3) is 0 Å². The molecule has 0 atom stereocenters. The zero-order valence-corrected chi connectivity index (χ0v) is 13.2. The molecule has 0 unspecified atom stereocenters. The van der Waals surface area contributed by atoms with Gasteiger partial charge in [-0.15, -0.1) is 0 Å². The molecular formula is C16H24N2O4. The van der Waals surface area contributed by atoms with Crippen molar-refractivity contribution in [2.24, 2.45) is 0 Å². The summed E-state index contributed by atoms with van der Waals surface area (Å²) in [6.07, 6.45) is 0.409. The maximum atomic E-state index is 11.5. The summed E-state index contributed by atoms with van der Waals surface area (Å²) in [4.78, 5) is 22.7. The fourth-order valence-electron chi connectivity index (χ4n) is 1.82. The highest BCUT2D eigenvalue weighted by molar-refractivity contribution is 5.83. The van der Waals surface area contributed by atoms with E-state index in [2.05, 4.69) is 10.6 Å². The summed E-state index contributed by atoms with van der Waals surface area (Å²) >= 11 is 0. The maximum Gasteiger partial charge on any atom is 0.220 e. The van der Waals surface area contributed by atoms with Gasteiger partial charge >= 0.3 is 0 Å². The topological polar surface area (TPSA) is 76.7 Å². The second-order valence-electron chi connectivity index (χ2n) is 4.71. The number of amides is 2. The van der Waals surface area contributed by atoms with E-state index in [4.69, 9.17) is 9.47 Å². The Morgan fingerprint density at radius 1 is 1.14 bits per heavy atom. The summed E-state index contributed by atoms with van der Waals surface area (Å²) in [6.45, 7) is 3.74. The average molecular weight is 308 g/mol. The second kappa shape index (κ2) is 10.6. The van der Waals surface area contributed by atoms with E-state index in [9.17, 15) is 9.59 Å². The third-order valence-electron chi connectivity index (χ3n) is 2.92. The lowest BCUT2D eigenvalue weighted by Gasteiger charge is -2.07. The van der Waals surface area contributed by atoms with Crippen molar-refractivity contribution in [3.63, 3.8) is 0 Å². The minimum atomic E-state index is -0.142. The van der Waals surface area contributed by atoms with Gasteiger partial charge in [-0.3, -0.25) is 9.59 Å². The van der Waals surface area contributed by atoms with Crippen molar-refractivity contribution in [2.75, 3.05) is 26.8 Å². The summed E-state index contributed by atoms with van der Waals surface area (Å²) in [6, 6.07) is 7.64. The molecule has 0 aliphatic rings. The highest BCUT2D eigenvalue weighted by atomic mass is 16.5. The molecule has 1 aromatic rings. The van der Waals surface area contributed by atoms with E-state index in [0.717, 1.165) is 11.3 Å². The largest absolute Gasteiger partial charge is 0.497 e. The van der Waals surface area contributed by atoms with Gasteiger partial charge in [0.05, 0.1) is 20.3 Å². The van der Waals surface area contributed by atoms with Gasteiger partial charge in [-0.05, 0) is 24.6 Å². The van der Waals surface area contributed by atoms with E-state index in [1.54, 1.807) is 7.11 Å². The lowest BCUT2D eigenvalue weighted by Crippen LogP contribution is -2.29. The van der Waals surface area contributed by atoms with E-state index >= 15 is 0 Å². The van der Waals surface area contributed by atoms with Crippen LogP contribution in [0, 0.1) is 0 Å². The molecule has 0 fully saturated rings. The molecular weight excluding hydrogens is 284 g/mol. The summed E-state index contributed by atoms with van der Waals surface area (Å²) in [7, 11) is 1.62. The van der Waals surface area contributed by atoms with Crippen LogP contribution in [0.1, 0.15) is 25.3 Å². The van der Waals surface area contributed by atoms with Crippen molar-refractivity contribution in [3.05, 3.63) is 29.8 Å². The molecule has 2 amide bonds. The van der Waals surface area contributed by atoms with Crippen LogP contribution < -0.4 is 15.4 Å². The number of rotatable bonds is 10. The average Bonchev–Trinajstić information content (AvgIpc) is 2.53. The summed E-state index contributed by atoms with van der Waals surface area (Å²) < 4.78 is 10.6. The molecule has 2 N–H and O–H groups in total. The van der Waals surface area contributed by atoms with E-state index in [-0.39, 0.29) is 24.7 Å². The Morgan fingerprint density at radius 3 is 2.55 bits per heavy atom. The number of ether oxygens (including phenoxy) is 2. The number of carbonyl (C=O) groups is 2. The molecule has 0 bridgehead atoms. The van der Waals surface area contributed by atoms with Gasteiger partial charge in [-0.2, -0.15) is 0 Å². The molecule has 1 aromatic carbocycles. The number of nitrogens with one attached hydrogen (secondary N) is 2. The van der Waals surface area contributed by atoms with Crippen LogP contribution in [0.2, 0.25) is 0 Å². The van der Waals surface area contributed by atoms with Crippen molar-refractivity contribution in [1.82, 2.24) is 10.6 Å². The molecule has 0 saturated heterocycles. The van der Waals surface area contributed by atoms with Crippen molar-refractivity contribution in [2.45, 2.75) is 26.4 Å². The minimum absolute atomic E-state index is 0.105. The highest BCUT2D eigenvalue weighted by Crippen LogP contribution is 2.12. The molecule has 122 valence electrons. The predicted octanol–water partition coefficient (Wildman–Crippen LogP) is 1.24. The standard InChI is InChI=1S/C16H24N2O4/c1-3-17-15(19)7-8-16(20)18-9-10-22-12-13-5-4-6-14(11-13)21-2/h4-6,11H,3,7-10,12H2,1-2H3,(H,17,19)(H,18,20). The van der Waals surface area contributed by atoms with Crippen LogP contribution in [0.4, 0.5) is 0 Å². The minimum Gasteiger partial charge on any atom is -0.497 e. The summed E-state index contributed by atoms with van der Waals surface area (Å²) in [5.41, 5.74) is 1.02. The fourth-order valence-corrected chi connectivity index (χ4v) is 1.82. The molecule has 1 rings (SSSR count). The third kappa shape index (κ3) is 7.64. The van der Waals surface area contributed by atoms with Crippen LogP contribution >= 0.6 is 0 Å². The molecule has 6 heteroatoms. The van der Waals surface area contributed by atoms with Crippen molar-refractivity contribution in [1.29, 1.82) is 0 Å². The first-order valence-corrected chi connectivity index (χ1v) is 7.39. The van der Waals surface area contributed by atoms with Gasteiger partial charge in [0.1, 0.15) is 5.75 Å². The normalized spacial score (nSPS) is 10.1. The SMILES string of the molecule is CCNC(=O)CCC(=O)NCCOCc1cccc(OC)c1. The second-order valence-corrected chi connectivity index (χ2v) is 4.71. The Balaban J connectivity index is 2.09. The molecule has 0 aliphatic carbocycles. The number of carbonyl (C=O) groups excluding carboxylic acids is 2. The number of benzene rings is 1. The van der Waals surface area contributed by atoms with Crippen LogP contribution in [0.3, 0.4) is 0 Å². The van der Waals surface area contributed by atoms with Crippen LogP contribution in [0.5, 0.6) is 5.75 Å². The number of methoxy groups -OCH3 is 1. The summed E-state index contributed by atoms with van der Waals surface area (Å²) in [5.74, 6) is 0.544. The molecule has 22 heavy (non-hydrogen) atoms. The molecule has 0 heterocycles. The molecule has 0 spiro atoms. The Hall–Kier alpha value is -2.08. The van der Waals surface area contributed by atoms with Gasteiger partial charge < -0.3 is 20.1 Å². The van der Waals surface area contributed by atoms with E-state index in [0.29, 0.717) is 26.3 Å². The molecule has 6 nitrogen and oxygen atoms in total. The van der Waals surface area contributed by atoms with E-state index in [1.807, 2.05) is 31.2 Å². The third-order valence-corrected chi connectivity index (χ3v) is 2.92. The molecule has 0 aliphatic heterocycles. The monoisotopic (exact) mass is 308 g/mol. The van der Waals surface area contributed by atoms with Crippen LogP contribution in [0.15, 0.2) is 24.3 Å². The van der Waals surface area contributed by atoms with Crippen LogP contribution in [-0.2, 0) is 20.9 Å². The number of hydrogen-bond donors (Lipinski definition) is 2. The molecule has 0 radical (unpaired) electrons. The van der Waals surface area contributed by atoms with Gasteiger partial charge in [-0.1, -0.05) is 12.1 Å². The predicted molar refractivity (Wildman–Crippen MR) is 83.6 cm³/mol. The molecule has 0 aromatic heterocycles. The zero-order chi connectivity index (χ0) is 16.2. The van der Waals surface area contributed by atoms with Crippen molar-refractivity contribution < 1.29 is 19.1 Å². The Morgan fingerprint density at radius 2 is 1.86 bits per heavy atom.